The summed E-state index contributed by atoms with van der Waals surface area (Å²) in [6, 6.07) is 13.3. The van der Waals surface area contributed by atoms with Crippen molar-refractivity contribution < 1.29 is 4.39 Å². The molecule has 1 unspecified atom stereocenters. The summed E-state index contributed by atoms with van der Waals surface area (Å²) in [5.74, 6) is -0.170. The molecule has 0 radical (unpaired) electrons. The molecular weight excluding hydrogens is 285 g/mol. The van der Waals surface area contributed by atoms with Gasteiger partial charge in [0.15, 0.2) is 0 Å². The largest absolute Gasteiger partial charge is 0.310 e. The summed E-state index contributed by atoms with van der Waals surface area (Å²) in [5.41, 5.74) is 3.45. The molecule has 2 aromatic carbocycles. The maximum atomic E-state index is 13.1. The number of rotatable bonds is 6. The Morgan fingerprint density at radius 1 is 1.14 bits per heavy atom. The summed E-state index contributed by atoms with van der Waals surface area (Å²) in [4.78, 5) is 0. The molecule has 1 atom stereocenters. The van der Waals surface area contributed by atoms with E-state index in [-0.39, 0.29) is 5.82 Å². The Bertz CT molecular complexity index is 580. The zero-order valence-electron chi connectivity index (χ0n) is 12.5. The molecule has 0 heterocycles. The fourth-order valence-electron chi connectivity index (χ4n) is 2.51. The van der Waals surface area contributed by atoms with Crippen LogP contribution in [0.2, 0.25) is 5.02 Å². The molecule has 2 aromatic rings. The van der Waals surface area contributed by atoms with Crippen LogP contribution in [0, 0.1) is 12.7 Å². The van der Waals surface area contributed by atoms with Gasteiger partial charge in [0.1, 0.15) is 5.82 Å². The van der Waals surface area contributed by atoms with Gasteiger partial charge in [-0.15, -0.1) is 0 Å². The molecule has 1 nitrogen and oxygen atoms in total. The third-order valence-electron chi connectivity index (χ3n) is 3.77. The Labute approximate surface area is 131 Å². The lowest BCUT2D eigenvalue weighted by molar-refractivity contribution is 0.522. The Balaban J connectivity index is 1.93. The van der Waals surface area contributed by atoms with E-state index in [2.05, 4.69) is 24.4 Å². The molecule has 3 heteroatoms. The highest BCUT2D eigenvalue weighted by molar-refractivity contribution is 6.30. The van der Waals surface area contributed by atoms with Crippen LogP contribution in [0.25, 0.3) is 0 Å². The van der Waals surface area contributed by atoms with Crippen molar-refractivity contribution in [2.45, 2.75) is 32.7 Å². The van der Waals surface area contributed by atoms with Gasteiger partial charge in [0, 0.05) is 11.1 Å². The van der Waals surface area contributed by atoms with Crippen LogP contribution in [0.15, 0.2) is 42.5 Å². The van der Waals surface area contributed by atoms with E-state index in [9.17, 15) is 4.39 Å². The van der Waals surface area contributed by atoms with E-state index in [4.69, 9.17) is 11.6 Å². The summed E-state index contributed by atoms with van der Waals surface area (Å²) in [5, 5.41) is 4.32. The van der Waals surface area contributed by atoms with Crippen molar-refractivity contribution >= 4 is 11.6 Å². The molecule has 0 bridgehead atoms. The van der Waals surface area contributed by atoms with Crippen LogP contribution in [-0.4, -0.2) is 6.54 Å². The Kier molecular flexibility index (Phi) is 5.77. The second kappa shape index (κ2) is 7.58. The first kappa shape index (κ1) is 16.0. The van der Waals surface area contributed by atoms with Gasteiger partial charge in [-0.2, -0.15) is 0 Å². The van der Waals surface area contributed by atoms with Crippen molar-refractivity contribution in [1.82, 2.24) is 5.32 Å². The number of hydrogen-bond donors (Lipinski definition) is 1. The summed E-state index contributed by atoms with van der Waals surface area (Å²) in [6.07, 6.45) is 1.92. The van der Waals surface area contributed by atoms with Crippen LogP contribution in [0.4, 0.5) is 4.39 Å². The van der Waals surface area contributed by atoms with Crippen LogP contribution < -0.4 is 5.32 Å². The van der Waals surface area contributed by atoms with Crippen molar-refractivity contribution in [3.63, 3.8) is 0 Å². The molecule has 21 heavy (non-hydrogen) atoms. The van der Waals surface area contributed by atoms with Crippen molar-refractivity contribution in [1.29, 1.82) is 0 Å². The maximum absolute atomic E-state index is 13.1. The number of halogens is 2. The number of hydrogen-bond acceptors (Lipinski definition) is 1. The number of nitrogens with one attached hydrogen (secondary N) is 1. The summed E-state index contributed by atoms with van der Waals surface area (Å²) in [7, 11) is 0. The third-order valence-corrected chi connectivity index (χ3v) is 4.02. The van der Waals surface area contributed by atoms with Gasteiger partial charge >= 0.3 is 0 Å². The van der Waals surface area contributed by atoms with Gasteiger partial charge in [-0.3, -0.25) is 0 Å². The molecular formula is C18H21ClFN. The Morgan fingerprint density at radius 3 is 2.48 bits per heavy atom. The smallest absolute Gasteiger partial charge is 0.123 e. The van der Waals surface area contributed by atoms with Gasteiger partial charge < -0.3 is 5.32 Å². The van der Waals surface area contributed by atoms with Gasteiger partial charge in [-0.1, -0.05) is 36.7 Å². The van der Waals surface area contributed by atoms with Gasteiger partial charge in [-0.25, -0.2) is 4.39 Å². The van der Waals surface area contributed by atoms with Crippen LogP contribution >= 0.6 is 11.6 Å². The van der Waals surface area contributed by atoms with E-state index in [0.717, 1.165) is 30.0 Å². The van der Waals surface area contributed by atoms with Crippen LogP contribution in [0.3, 0.4) is 0 Å². The molecule has 0 amide bonds. The van der Waals surface area contributed by atoms with Gasteiger partial charge in [0.05, 0.1) is 0 Å². The monoisotopic (exact) mass is 305 g/mol. The summed E-state index contributed by atoms with van der Waals surface area (Å²) >= 11 is 5.92. The average molecular weight is 306 g/mol. The highest BCUT2D eigenvalue weighted by Crippen LogP contribution is 2.19. The first-order valence-electron chi connectivity index (χ1n) is 7.34. The van der Waals surface area contributed by atoms with Crippen molar-refractivity contribution in [3.05, 3.63) is 70.0 Å². The van der Waals surface area contributed by atoms with Crippen LogP contribution in [0.1, 0.15) is 36.1 Å². The van der Waals surface area contributed by atoms with E-state index in [1.165, 1.54) is 17.2 Å². The van der Waals surface area contributed by atoms with Crippen molar-refractivity contribution in [2.24, 2.45) is 0 Å². The van der Waals surface area contributed by atoms with Gasteiger partial charge in [0.25, 0.3) is 0 Å². The fraction of sp³-hybridized carbons (Fsp3) is 0.333. The standard InChI is InChI=1S/C18H21ClFN/c1-3-18(15-4-7-16(19)8-5-15)21-11-10-14-6-9-17(20)12-13(14)2/h4-9,12,18,21H,3,10-11H2,1-2H3. The average Bonchev–Trinajstić information content (AvgIpc) is 2.47. The minimum absolute atomic E-state index is 0.170. The SMILES string of the molecule is CCC(NCCc1ccc(F)cc1C)c1ccc(Cl)cc1. The Hall–Kier alpha value is -1.38. The Morgan fingerprint density at radius 2 is 1.86 bits per heavy atom. The highest BCUT2D eigenvalue weighted by Gasteiger charge is 2.08. The van der Waals surface area contributed by atoms with E-state index >= 15 is 0 Å². The topological polar surface area (TPSA) is 12.0 Å². The molecule has 112 valence electrons. The summed E-state index contributed by atoms with van der Waals surface area (Å²) in [6.45, 7) is 4.98. The lowest BCUT2D eigenvalue weighted by Crippen LogP contribution is -2.23. The molecule has 0 aliphatic heterocycles. The molecule has 0 spiro atoms. The minimum atomic E-state index is -0.170. The zero-order chi connectivity index (χ0) is 15.2. The highest BCUT2D eigenvalue weighted by atomic mass is 35.5. The first-order valence-corrected chi connectivity index (χ1v) is 7.72. The van der Waals surface area contributed by atoms with E-state index in [1.54, 1.807) is 6.07 Å². The van der Waals surface area contributed by atoms with Gasteiger partial charge in [-0.05, 0) is 67.3 Å². The van der Waals surface area contributed by atoms with Gasteiger partial charge in [0.2, 0.25) is 0 Å². The number of aryl methyl sites for hydroxylation is 1. The fourth-order valence-corrected chi connectivity index (χ4v) is 2.64. The van der Waals surface area contributed by atoms with E-state index < -0.39 is 0 Å². The van der Waals surface area contributed by atoms with Crippen molar-refractivity contribution in [2.75, 3.05) is 6.54 Å². The molecule has 1 N–H and O–H groups in total. The predicted octanol–water partition coefficient (Wildman–Crippen LogP) is 5.07. The molecule has 0 fully saturated rings. The van der Waals surface area contributed by atoms with Crippen molar-refractivity contribution in [3.8, 4) is 0 Å². The lowest BCUT2D eigenvalue weighted by atomic mass is 10.0. The quantitative estimate of drug-likeness (QED) is 0.785. The second-order valence-corrected chi connectivity index (χ2v) is 5.72. The zero-order valence-corrected chi connectivity index (χ0v) is 13.3. The first-order chi connectivity index (χ1) is 10.1. The van der Waals surface area contributed by atoms with Crippen LogP contribution in [0.5, 0.6) is 0 Å². The molecule has 0 aliphatic carbocycles. The predicted molar refractivity (Wildman–Crippen MR) is 87.3 cm³/mol. The normalized spacial score (nSPS) is 12.4. The molecule has 0 saturated carbocycles. The minimum Gasteiger partial charge on any atom is -0.310 e. The molecule has 2 rings (SSSR count). The lowest BCUT2D eigenvalue weighted by Gasteiger charge is -2.18. The molecule has 0 aromatic heterocycles. The molecule has 0 aliphatic rings. The molecule has 0 saturated heterocycles. The number of benzene rings is 2. The third kappa shape index (κ3) is 4.55. The summed E-state index contributed by atoms with van der Waals surface area (Å²) < 4.78 is 13.1. The maximum Gasteiger partial charge on any atom is 0.123 e. The van der Waals surface area contributed by atoms with Crippen LogP contribution in [-0.2, 0) is 6.42 Å². The second-order valence-electron chi connectivity index (χ2n) is 5.29. The van der Waals surface area contributed by atoms with E-state index in [1.807, 2.05) is 25.1 Å². The van der Waals surface area contributed by atoms with E-state index in [0.29, 0.717) is 6.04 Å².